The Labute approximate surface area is 157 Å². The summed E-state index contributed by atoms with van der Waals surface area (Å²) in [6, 6.07) is 6.61. The van der Waals surface area contributed by atoms with E-state index in [1.54, 1.807) is 12.1 Å². The molecule has 1 aliphatic carbocycles. The molecule has 142 valence electrons. The van der Waals surface area contributed by atoms with Crippen molar-refractivity contribution in [1.29, 1.82) is 0 Å². The van der Waals surface area contributed by atoms with Gasteiger partial charge >= 0.3 is 0 Å². The molecule has 27 heavy (non-hydrogen) atoms. The van der Waals surface area contributed by atoms with E-state index < -0.39 is 4.92 Å². The molecule has 0 amide bonds. The topological polar surface area (TPSA) is 92.1 Å². The lowest BCUT2D eigenvalue weighted by atomic mass is 9.88. The van der Waals surface area contributed by atoms with Crippen LogP contribution in [-0.2, 0) is 19.5 Å². The summed E-state index contributed by atoms with van der Waals surface area (Å²) in [6.45, 7) is 2.07. The van der Waals surface area contributed by atoms with E-state index >= 15 is 0 Å². The van der Waals surface area contributed by atoms with Gasteiger partial charge in [0.05, 0.1) is 16.2 Å². The Morgan fingerprint density at radius 1 is 1.19 bits per heavy atom. The largest absolute Gasteiger partial charge is 0.310 e. The van der Waals surface area contributed by atoms with E-state index in [0.29, 0.717) is 19.0 Å². The molecule has 7 nitrogen and oxygen atoms in total. The summed E-state index contributed by atoms with van der Waals surface area (Å²) < 4.78 is 0. The van der Waals surface area contributed by atoms with Gasteiger partial charge in [-0.25, -0.2) is 4.98 Å². The normalized spacial score (nSPS) is 18.2. The van der Waals surface area contributed by atoms with Gasteiger partial charge in [-0.05, 0) is 18.4 Å². The first kappa shape index (κ1) is 17.9. The predicted molar refractivity (Wildman–Crippen MR) is 102 cm³/mol. The molecule has 0 unspecified atom stereocenters. The molecule has 1 N–H and O–H groups in total. The van der Waals surface area contributed by atoms with Gasteiger partial charge in [0.2, 0.25) is 0 Å². The van der Waals surface area contributed by atoms with Crippen LogP contribution in [-0.4, -0.2) is 26.3 Å². The molecule has 2 aromatic rings. The Kier molecular flexibility index (Phi) is 5.03. The number of non-ortho nitro benzene ring substituents is 1. The minimum atomic E-state index is -0.393. The van der Waals surface area contributed by atoms with E-state index in [1.807, 2.05) is 0 Å². The van der Waals surface area contributed by atoms with Crippen LogP contribution in [0.4, 0.5) is 5.69 Å². The zero-order valence-corrected chi connectivity index (χ0v) is 15.3. The minimum absolute atomic E-state index is 0.00558. The van der Waals surface area contributed by atoms with Gasteiger partial charge in [0, 0.05) is 44.1 Å². The summed E-state index contributed by atoms with van der Waals surface area (Å²) in [5.41, 5.74) is 2.81. The molecule has 0 bridgehead atoms. The van der Waals surface area contributed by atoms with Crippen LogP contribution in [0, 0.1) is 10.1 Å². The number of nitrogens with zero attached hydrogens (tertiary/aromatic N) is 3. The molecule has 4 rings (SSSR count). The molecular weight excluding hydrogens is 344 g/mol. The maximum atomic E-state index is 12.6. The standard InChI is InChI=1S/C20H24N4O3/c25-20-17-13-23(12-14-6-8-16(9-7-14)24(26)27)11-10-18(17)21-19(22-20)15-4-2-1-3-5-15/h6-9,15H,1-5,10-13H2,(H,21,22,25). The lowest BCUT2D eigenvalue weighted by Crippen LogP contribution is -2.36. The van der Waals surface area contributed by atoms with Gasteiger partial charge in [-0.15, -0.1) is 0 Å². The first-order valence-corrected chi connectivity index (χ1v) is 9.68. The van der Waals surface area contributed by atoms with Gasteiger partial charge in [0.15, 0.2) is 0 Å². The highest BCUT2D eigenvalue weighted by Crippen LogP contribution is 2.30. The predicted octanol–water partition coefficient (Wildman–Crippen LogP) is 3.28. The van der Waals surface area contributed by atoms with Gasteiger partial charge < -0.3 is 4.98 Å². The summed E-state index contributed by atoms with van der Waals surface area (Å²) >= 11 is 0. The first-order chi connectivity index (χ1) is 13.1. The number of H-pyrrole nitrogens is 1. The number of fused-ring (bicyclic) bond motifs is 1. The third kappa shape index (κ3) is 3.93. The van der Waals surface area contributed by atoms with Crippen LogP contribution in [0.3, 0.4) is 0 Å². The zero-order valence-electron chi connectivity index (χ0n) is 15.3. The molecule has 0 radical (unpaired) electrons. The summed E-state index contributed by atoms with van der Waals surface area (Å²) in [7, 11) is 0. The summed E-state index contributed by atoms with van der Waals surface area (Å²) in [5, 5.41) is 10.8. The van der Waals surface area contributed by atoms with Gasteiger partial charge in [-0.1, -0.05) is 31.4 Å². The second-order valence-corrected chi connectivity index (χ2v) is 7.60. The maximum absolute atomic E-state index is 12.6. The molecule has 7 heteroatoms. The van der Waals surface area contributed by atoms with Gasteiger partial charge in [-0.2, -0.15) is 0 Å². The number of nitrogens with one attached hydrogen (secondary N) is 1. The Bertz CT molecular complexity index is 885. The monoisotopic (exact) mass is 368 g/mol. The Morgan fingerprint density at radius 3 is 2.63 bits per heavy atom. The third-order valence-corrected chi connectivity index (χ3v) is 5.71. The number of aromatic amines is 1. The van der Waals surface area contributed by atoms with Crippen molar-refractivity contribution in [1.82, 2.24) is 14.9 Å². The fourth-order valence-electron chi connectivity index (χ4n) is 4.19. The van der Waals surface area contributed by atoms with Crippen LogP contribution < -0.4 is 5.56 Å². The van der Waals surface area contributed by atoms with Crippen LogP contribution in [0.1, 0.15) is 60.7 Å². The lowest BCUT2D eigenvalue weighted by molar-refractivity contribution is -0.384. The zero-order chi connectivity index (χ0) is 18.8. The Morgan fingerprint density at radius 2 is 1.93 bits per heavy atom. The van der Waals surface area contributed by atoms with Crippen molar-refractivity contribution in [2.45, 2.75) is 57.5 Å². The molecule has 1 fully saturated rings. The molecule has 2 aliphatic rings. The van der Waals surface area contributed by atoms with Gasteiger partial charge in [0.1, 0.15) is 5.82 Å². The minimum Gasteiger partial charge on any atom is -0.310 e. The summed E-state index contributed by atoms with van der Waals surface area (Å²) in [5.74, 6) is 1.28. The summed E-state index contributed by atoms with van der Waals surface area (Å²) in [4.78, 5) is 33.1. The third-order valence-electron chi connectivity index (χ3n) is 5.71. The number of benzene rings is 1. The number of hydrogen-bond acceptors (Lipinski definition) is 5. The van der Waals surface area contributed by atoms with Crippen LogP contribution in [0.2, 0.25) is 0 Å². The molecule has 1 aromatic carbocycles. The van der Waals surface area contributed by atoms with E-state index in [4.69, 9.17) is 4.98 Å². The van der Waals surface area contributed by atoms with Crippen molar-refractivity contribution in [2.24, 2.45) is 0 Å². The highest BCUT2D eigenvalue weighted by atomic mass is 16.6. The number of rotatable bonds is 4. The van der Waals surface area contributed by atoms with E-state index in [-0.39, 0.29) is 11.2 Å². The number of nitro benzene ring substituents is 1. The SMILES string of the molecule is O=c1[nH]c(C2CCCCC2)nc2c1CN(Cc1ccc([N+](=O)[O-])cc1)CC2. The lowest BCUT2D eigenvalue weighted by Gasteiger charge is -2.29. The molecular formula is C20H24N4O3. The number of aromatic nitrogens is 2. The highest BCUT2D eigenvalue weighted by Gasteiger charge is 2.24. The molecule has 0 atom stereocenters. The quantitative estimate of drug-likeness (QED) is 0.660. The van der Waals surface area contributed by atoms with Crippen molar-refractivity contribution in [3.8, 4) is 0 Å². The second-order valence-electron chi connectivity index (χ2n) is 7.60. The van der Waals surface area contributed by atoms with Crippen molar-refractivity contribution in [2.75, 3.05) is 6.54 Å². The smallest absolute Gasteiger partial charge is 0.269 e. The van der Waals surface area contributed by atoms with Crippen molar-refractivity contribution in [3.05, 3.63) is 67.4 Å². The molecule has 0 saturated heterocycles. The number of hydrogen-bond donors (Lipinski definition) is 1. The average Bonchev–Trinajstić information content (AvgIpc) is 2.69. The highest BCUT2D eigenvalue weighted by molar-refractivity contribution is 5.33. The fraction of sp³-hybridized carbons (Fsp3) is 0.500. The van der Waals surface area contributed by atoms with Crippen LogP contribution >= 0.6 is 0 Å². The van der Waals surface area contributed by atoms with Crippen molar-refractivity contribution < 1.29 is 4.92 Å². The van der Waals surface area contributed by atoms with Crippen molar-refractivity contribution in [3.63, 3.8) is 0 Å². The van der Waals surface area contributed by atoms with Gasteiger partial charge in [-0.3, -0.25) is 19.8 Å². The molecule has 1 aliphatic heterocycles. The average molecular weight is 368 g/mol. The molecule has 0 spiro atoms. The Hall–Kier alpha value is -2.54. The van der Waals surface area contributed by atoms with Crippen molar-refractivity contribution >= 4 is 5.69 Å². The molecule has 2 heterocycles. The van der Waals surface area contributed by atoms with E-state index in [9.17, 15) is 14.9 Å². The summed E-state index contributed by atoms with van der Waals surface area (Å²) in [6.07, 6.45) is 6.72. The number of nitro groups is 1. The fourth-order valence-corrected chi connectivity index (χ4v) is 4.19. The Balaban J connectivity index is 1.48. The van der Waals surface area contributed by atoms with Gasteiger partial charge in [0.25, 0.3) is 11.2 Å². The second kappa shape index (κ2) is 7.60. The van der Waals surface area contributed by atoms with E-state index in [2.05, 4.69) is 9.88 Å². The van der Waals surface area contributed by atoms with Crippen LogP contribution in [0.15, 0.2) is 29.1 Å². The first-order valence-electron chi connectivity index (χ1n) is 9.68. The van der Waals surface area contributed by atoms with Crippen LogP contribution in [0.25, 0.3) is 0 Å². The van der Waals surface area contributed by atoms with E-state index in [1.165, 1.54) is 31.4 Å². The maximum Gasteiger partial charge on any atom is 0.269 e. The molecule has 1 saturated carbocycles. The van der Waals surface area contributed by atoms with E-state index in [0.717, 1.165) is 48.5 Å². The molecule has 1 aromatic heterocycles. The van der Waals surface area contributed by atoms with Crippen LogP contribution in [0.5, 0.6) is 0 Å².